The smallest absolute Gasteiger partial charge is 0.242 e. The van der Waals surface area contributed by atoms with Crippen molar-refractivity contribution in [2.45, 2.75) is 90.3 Å². The monoisotopic (exact) mass is 418 g/mol. The molecule has 0 unspecified atom stereocenters. The van der Waals surface area contributed by atoms with Crippen LogP contribution in [0.4, 0.5) is 0 Å². The molecule has 1 aliphatic heterocycles. The van der Waals surface area contributed by atoms with E-state index in [4.69, 9.17) is 9.15 Å². The van der Waals surface area contributed by atoms with Gasteiger partial charge in [0.2, 0.25) is 11.8 Å². The van der Waals surface area contributed by atoms with Gasteiger partial charge < -0.3 is 19.0 Å². The highest BCUT2D eigenvalue weighted by molar-refractivity contribution is 5.85. The maximum atomic E-state index is 13.3. The predicted octanol–water partition coefficient (Wildman–Crippen LogP) is 4.38. The second kappa shape index (κ2) is 11.5. The standard InChI is InChI=1S/C24H38N2O4/c1-3-19(2)26(23(27)13-12-20-8-4-5-9-20)18-24(28)25(16-21-10-6-14-29-21)17-22-11-7-15-30-22/h6,10,14,19-20,22H,3-5,7-9,11-13,15-18H2,1-2H3/t19-,22+/m0/s1. The Kier molecular flexibility index (Phi) is 8.79. The third kappa shape index (κ3) is 6.59. The minimum absolute atomic E-state index is 0.0311. The van der Waals surface area contributed by atoms with E-state index < -0.39 is 0 Å². The van der Waals surface area contributed by atoms with Crippen molar-refractivity contribution in [2.24, 2.45) is 5.92 Å². The van der Waals surface area contributed by atoms with Gasteiger partial charge in [-0.2, -0.15) is 0 Å². The molecule has 6 nitrogen and oxygen atoms in total. The van der Waals surface area contributed by atoms with Crippen LogP contribution in [0.15, 0.2) is 22.8 Å². The number of furan rings is 1. The van der Waals surface area contributed by atoms with Crippen LogP contribution in [0.3, 0.4) is 0 Å². The molecular formula is C24H38N2O4. The van der Waals surface area contributed by atoms with E-state index in [1.54, 1.807) is 16.1 Å². The Morgan fingerprint density at radius 2 is 1.97 bits per heavy atom. The van der Waals surface area contributed by atoms with Crippen molar-refractivity contribution in [1.29, 1.82) is 0 Å². The van der Waals surface area contributed by atoms with E-state index in [0.717, 1.165) is 38.1 Å². The Labute approximate surface area is 180 Å². The number of ether oxygens (including phenoxy) is 1. The van der Waals surface area contributed by atoms with Gasteiger partial charge in [0, 0.05) is 25.6 Å². The minimum atomic E-state index is -0.0311. The first-order valence-corrected chi connectivity index (χ1v) is 11.8. The Morgan fingerprint density at radius 1 is 1.17 bits per heavy atom. The molecule has 0 radical (unpaired) electrons. The lowest BCUT2D eigenvalue weighted by atomic mass is 10.0. The van der Waals surface area contributed by atoms with Crippen molar-refractivity contribution in [1.82, 2.24) is 9.80 Å². The van der Waals surface area contributed by atoms with Crippen LogP contribution in [-0.2, 0) is 20.9 Å². The molecule has 1 aromatic rings. The van der Waals surface area contributed by atoms with Gasteiger partial charge in [-0.05, 0) is 50.7 Å². The van der Waals surface area contributed by atoms with Crippen molar-refractivity contribution in [3.63, 3.8) is 0 Å². The average Bonchev–Trinajstić information content (AvgIpc) is 3.52. The summed E-state index contributed by atoms with van der Waals surface area (Å²) in [7, 11) is 0. The van der Waals surface area contributed by atoms with Gasteiger partial charge in [0.05, 0.1) is 18.9 Å². The molecule has 2 fully saturated rings. The zero-order valence-corrected chi connectivity index (χ0v) is 18.7. The second-order valence-electron chi connectivity index (χ2n) is 8.96. The Bertz CT molecular complexity index is 648. The summed E-state index contributed by atoms with van der Waals surface area (Å²) in [6, 6.07) is 3.77. The number of nitrogens with zero attached hydrogens (tertiary/aromatic N) is 2. The summed E-state index contributed by atoms with van der Waals surface area (Å²) in [6.07, 6.45) is 11.1. The first-order chi connectivity index (χ1) is 14.6. The molecule has 168 valence electrons. The number of hydrogen-bond donors (Lipinski definition) is 0. The summed E-state index contributed by atoms with van der Waals surface area (Å²) in [5.41, 5.74) is 0. The van der Waals surface area contributed by atoms with E-state index in [9.17, 15) is 9.59 Å². The SMILES string of the molecule is CC[C@H](C)N(CC(=O)N(Cc1ccco1)C[C@H]1CCCO1)C(=O)CCC1CCCC1. The highest BCUT2D eigenvalue weighted by Crippen LogP contribution is 2.29. The number of hydrogen-bond acceptors (Lipinski definition) is 4. The average molecular weight is 419 g/mol. The minimum Gasteiger partial charge on any atom is -0.467 e. The molecule has 6 heteroatoms. The van der Waals surface area contributed by atoms with E-state index in [1.165, 1.54) is 25.7 Å². The van der Waals surface area contributed by atoms with Crippen molar-refractivity contribution in [3.05, 3.63) is 24.2 Å². The first-order valence-electron chi connectivity index (χ1n) is 11.8. The summed E-state index contributed by atoms with van der Waals surface area (Å²) in [4.78, 5) is 29.9. The highest BCUT2D eigenvalue weighted by Gasteiger charge is 2.28. The van der Waals surface area contributed by atoms with Gasteiger partial charge in [0.15, 0.2) is 0 Å². The lowest BCUT2D eigenvalue weighted by Gasteiger charge is -2.32. The number of rotatable bonds is 11. The quantitative estimate of drug-likeness (QED) is 0.535. The van der Waals surface area contributed by atoms with Gasteiger partial charge >= 0.3 is 0 Å². The number of amides is 2. The van der Waals surface area contributed by atoms with E-state index in [-0.39, 0.29) is 30.5 Å². The summed E-state index contributed by atoms with van der Waals surface area (Å²) < 4.78 is 11.2. The van der Waals surface area contributed by atoms with Gasteiger partial charge in [0.1, 0.15) is 12.3 Å². The topological polar surface area (TPSA) is 63.0 Å². The molecule has 30 heavy (non-hydrogen) atoms. The maximum absolute atomic E-state index is 13.3. The third-order valence-electron chi connectivity index (χ3n) is 6.72. The van der Waals surface area contributed by atoms with E-state index in [1.807, 2.05) is 19.1 Å². The molecule has 1 saturated carbocycles. The van der Waals surface area contributed by atoms with Crippen molar-refractivity contribution < 1.29 is 18.7 Å². The van der Waals surface area contributed by atoms with Gasteiger partial charge in [-0.15, -0.1) is 0 Å². The molecule has 1 saturated heterocycles. The van der Waals surface area contributed by atoms with Crippen LogP contribution in [0.2, 0.25) is 0 Å². The fraction of sp³-hybridized carbons (Fsp3) is 0.750. The normalized spacial score (nSPS) is 20.4. The molecule has 2 aliphatic rings. The van der Waals surface area contributed by atoms with Crippen molar-refractivity contribution in [2.75, 3.05) is 19.7 Å². The van der Waals surface area contributed by atoms with Gasteiger partial charge in [0.25, 0.3) is 0 Å². The number of carbonyl (C=O) groups is 2. The molecule has 1 aromatic heterocycles. The summed E-state index contributed by atoms with van der Waals surface area (Å²) in [6.45, 7) is 5.95. The van der Waals surface area contributed by atoms with Gasteiger partial charge in [-0.1, -0.05) is 32.6 Å². The van der Waals surface area contributed by atoms with Crippen molar-refractivity contribution in [3.8, 4) is 0 Å². The van der Waals surface area contributed by atoms with E-state index in [2.05, 4.69) is 6.92 Å². The summed E-state index contributed by atoms with van der Waals surface area (Å²) >= 11 is 0. The largest absolute Gasteiger partial charge is 0.467 e. The molecule has 0 N–H and O–H groups in total. The second-order valence-corrected chi connectivity index (χ2v) is 8.96. The third-order valence-corrected chi connectivity index (χ3v) is 6.72. The van der Waals surface area contributed by atoms with Gasteiger partial charge in [-0.25, -0.2) is 0 Å². The van der Waals surface area contributed by atoms with Gasteiger partial charge in [-0.3, -0.25) is 9.59 Å². The van der Waals surface area contributed by atoms with Crippen molar-refractivity contribution >= 4 is 11.8 Å². The predicted molar refractivity (Wildman–Crippen MR) is 116 cm³/mol. The molecule has 2 atom stereocenters. The highest BCUT2D eigenvalue weighted by atomic mass is 16.5. The Morgan fingerprint density at radius 3 is 2.60 bits per heavy atom. The Hall–Kier alpha value is -1.82. The fourth-order valence-corrected chi connectivity index (χ4v) is 4.61. The maximum Gasteiger partial charge on any atom is 0.242 e. The van der Waals surface area contributed by atoms with E-state index >= 15 is 0 Å². The van der Waals surface area contributed by atoms with Crippen LogP contribution in [0.25, 0.3) is 0 Å². The number of carbonyl (C=O) groups excluding carboxylic acids is 2. The Balaban J connectivity index is 1.62. The molecular weight excluding hydrogens is 380 g/mol. The zero-order valence-electron chi connectivity index (χ0n) is 18.7. The van der Waals surface area contributed by atoms with Crippen LogP contribution in [0.1, 0.15) is 77.4 Å². The molecule has 1 aliphatic carbocycles. The zero-order chi connectivity index (χ0) is 21.3. The first kappa shape index (κ1) is 22.9. The van der Waals surface area contributed by atoms with Crippen LogP contribution < -0.4 is 0 Å². The fourth-order valence-electron chi connectivity index (χ4n) is 4.61. The summed E-state index contributed by atoms with van der Waals surface area (Å²) in [5, 5.41) is 0. The molecule has 0 spiro atoms. The van der Waals surface area contributed by atoms with Crippen LogP contribution in [-0.4, -0.2) is 53.5 Å². The van der Waals surface area contributed by atoms with Crippen LogP contribution in [0, 0.1) is 5.92 Å². The molecule has 2 heterocycles. The lowest BCUT2D eigenvalue weighted by Crippen LogP contribution is -2.47. The molecule has 3 rings (SSSR count). The molecule has 0 aromatic carbocycles. The van der Waals surface area contributed by atoms with Crippen LogP contribution in [0.5, 0.6) is 0 Å². The lowest BCUT2D eigenvalue weighted by molar-refractivity contribution is -0.143. The molecule has 0 bridgehead atoms. The molecule has 2 amide bonds. The summed E-state index contributed by atoms with van der Waals surface area (Å²) in [5.74, 6) is 1.51. The van der Waals surface area contributed by atoms with Crippen LogP contribution >= 0.6 is 0 Å². The van der Waals surface area contributed by atoms with E-state index in [0.29, 0.717) is 25.4 Å².